The van der Waals surface area contributed by atoms with Gasteiger partial charge >= 0.3 is 0 Å². The second-order valence-corrected chi connectivity index (χ2v) is 5.42. The van der Waals surface area contributed by atoms with E-state index in [2.05, 4.69) is 10.6 Å². The molecule has 1 aliphatic carbocycles. The zero-order valence-electron chi connectivity index (χ0n) is 11.2. The molecule has 0 aromatic heterocycles. The minimum Gasteiger partial charge on any atom is -0.376 e. The van der Waals surface area contributed by atoms with E-state index in [-0.39, 0.29) is 11.9 Å². The number of nitrogens with one attached hydrogen (secondary N) is 2. The third kappa shape index (κ3) is 4.58. The van der Waals surface area contributed by atoms with Gasteiger partial charge in [-0.1, -0.05) is 25.7 Å². The Morgan fingerprint density at radius 1 is 1.11 bits per heavy atom. The van der Waals surface area contributed by atoms with E-state index in [9.17, 15) is 4.79 Å². The number of ether oxygens (including phenoxy) is 1. The van der Waals surface area contributed by atoms with Gasteiger partial charge in [0.2, 0.25) is 5.91 Å². The second-order valence-electron chi connectivity index (χ2n) is 5.42. The van der Waals surface area contributed by atoms with Crippen molar-refractivity contribution in [3.8, 4) is 0 Å². The number of hydrogen-bond donors (Lipinski definition) is 2. The highest BCUT2D eigenvalue weighted by molar-refractivity contribution is 5.81. The fraction of sp³-hybridized carbons (Fsp3) is 0.929. The topological polar surface area (TPSA) is 50.4 Å². The largest absolute Gasteiger partial charge is 0.376 e. The maximum Gasteiger partial charge on any atom is 0.237 e. The van der Waals surface area contributed by atoms with Gasteiger partial charge in [-0.05, 0) is 32.2 Å². The molecule has 4 heteroatoms. The molecule has 2 aliphatic rings. The fourth-order valence-corrected chi connectivity index (χ4v) is 2.83. The van der Waals surface area contributed by atoms with Crippen molar-refractivity contribution in [2.24, 2.45) is 0 Å². The summed E-state index contributed by atoms with van der Waals surface area (Å²) < 4.78 is 5.73. The van der Waals surface area contributed by atoms with Crippen LogP contribution in [0.5, 0.6) is 0 Å². The van der Waals surface area contributed by atoms with Gasteiger partial charge in [0.05, 0.1) is 18.8 Å². The average molecular weight is 254 g/mol. The summed E-state index contributed by atoms with van der Waals surface area (Å²) in [5.41, 5.74) is 0. The standard InChI is InChI=1S/C14H26N2O2/c17-14(13-8-2-1-5-9-15-13)16-10-11-18-12-6-3-4-7-12/h12-13,15H,1-11H2,(H,16,17). The molecular formula is C14H26N2O2. The molecule has 1 heterocycles. The van der Waals surface area contributed by atoms with E-state index in [4.69, 9.17) is 4.74 Å². The van der Waals surface area contributed by atoms with Gasteiger partial charge < -0.3 is 15.4 Å². The minimum atomic E-state index is 0.0129. The quantitative estimate of drug-likeness (QED) is 0.733. The molecule has 1 atom stereocenters. The van der Waals surface area contributed by atoms with Crippen molar-refractivity contribution in [3.63, 3.8) is 0 Å². The highest BCUT2D eigenvalue weighted by atomic mass is 16.5. The van der Waals surface area contributed by atoms with Crippen molar-refractivity contribution in [3.05, 3.63) is 0 Å². The molecule has 0 aromatic rings. The van der Waals surface area contributed by atoms with Crippen LogP contribution < -0.4 is 10.6 Å². The first kappa shape index (κ1) is 13.8. The molecule has 1 saturated carbocycles. The van der Waals surface area contributed by atoms with Crippen molar-refractivity contribution in [2.45, 2.75) is 63.5 Å². The molecule has 1 amide bonds. The van der Waals surface area contributed by atoms with Gasteiger partial charge in [0.1, 0.15) is 0 Å². The zero-order chi connectivity index (χ0) is 12.6. The molecule has 0 spiro atoms. The lowest BCUT2D eigenvalue weighted by molar-refractivity contribution is -0.123. The number of carbonyl (C=O) groups excluding carboxylic acids is 1. The van der Waals surface area contributed by atoms with Gasteiger partial charge in [-0.15, -0.1) is 0 Å². The lowest BCUT2D eigenvalue weighted by atomic mass is 10.1. The first-order chi connectivity index (χ1) is 8.86. The van der Waals surface area contributed by atoms with Gasteiger partial charge in [0, 0.05) is 6.54 Å². The second kappa shape index (κ2) is 7.74. The smallest absolute Gasteiger partial charge is 0.237 e. The van der Waals surface area contributed by atoms with Crippen LogP contribution in [0.15, 0.2) is 0 Å². The predicted molar refractivity (Wildman–Crippen MR) is 71.5 cm³/mol. The van der Waals surface area contributed by atoms with Crippen LogP contribution >= 0.6 is 0 Å². The molecule has 0 radical (unpaired) electrons. The molecule has 2 N–H and O–H groups in total. The van der Waals surface area contributed by atoms with Crippen molar-refractivity contribution < 1.29 is 9.53 Å². The normalized spacial score (nSPS) is 25.9. The number of rotatable bonds is 5. The highest BCUT2D eigenvalue weighted by Crippen LogP contribution is 2.20. The van der Waals surface area contributed by atoms with Gasteiger partial charge in [0.15, 0.2) is 0 Å². The van der Waals surface area contributed by atoms with E-state index in [0.29, 0.717) is 19.3 Å². The summed E-state index contributed by atoms with van der Waals surface area (Å²) in [7, 11) is 0. The van der Waals surface area contributed by atoms with Gasteiger partial charge in [0.25, 0.3) is 0 Å². The van der Waals surface area contributed by atoms with E-state index in [0.717, 1.165) is 19.4 Å². The molecule has 1 unspecified atom stereocenters. The van der Waals surface area contributed by atoms with Crippen molar-refractivity contribution in [2.75, 3.05) is 19.7 Å². The monoisotopic (exact) mass is 254 g/mol. The number of hydrogen-bond acceptors (Lipinski definition) is 3. The van der Waals surface area contributed by atoms with Crippen LogP contribution in [-0.4, -0.2) is 37.7 Å². The lowest BCUT2D eigenvalue weighted by Gasteiger charge is -2.16. The van der Waals surface area contributed by atoms with E-state index < -0.39 is 0 Å². The minimum absolute atomic E-state index is 0.0129. The maximum atomic E-state index is 11.9. The van der Waals surface area contributed by atoms with Crippen LogP contribution in [0.3, 0.4) is 0 Å². The third-order valence-corrected chi connectivity index (χ3v) is 3.93. The first-order valence-electron chi connectivity index (χ1n) is 7.49. The summed E-state index contributed by atoms with van der Waals surface area (Å²) in [5, 5.41) is 6.29. The Kier molecular flexibility index (Phi) is 5.94. The van der Waals surface area contributed by atoms with Crippen molar-refractivity contribution in [1.29, 1.82) is 0 Å². The molecule has 18 heavy (non-hydrogen) atoms. The molecule has 0 bridgehead atoms. The van der Waals surface area contributed by atoms with E-state index >= 15 is 0 Å². The lowest BCUT2D eigenvalue weighted by Crippen LogP contribution is -2.44. The Morgan fingerprint density at radius 2 is 1.89 bits per heavy atom. The highest BCUT2D eigenvalue weighted by Gasteiger charge is 2.19. The number of amides is 1. The molecular weight excluding hydrogens is 228 g/mol. The summed E-state index contributed by atoms with van der Waals surface area (Å²) in [4.78, 5) is 11.9. The van der Waals surface area contributed by atoms with Gasteiger partial charge in [-0.3, -0.25) is 4.79 Å². The first-order valence-corrected chi connectivity index (χ1v) is 7.49. The SMILES string of the molecule is O=C(NCCOC1CCCC1)C1CCCCCN1. The molecule has 104 valence electrons. The number of carbonyl (C=O) groups is 1. The van der Waals surface area contributed by atoms with Crippen molar-refractivity contribution >= 4 is 5.91 Å². The Bertz CT molecular complexity index is 244. The Morgan fingerprint density at radius 3 is 2.72 bits per heavy atom. The van der Waals surface area contributed by atoms with Crippen LogP contribution in [0, 0.1) is 0 Å². The zero-order valence-corrected chi connectivity index (χ0v) is 11.2. The van der Waals surface area contributed by atoms with Gasteiger partial charge in [-0.25, -0.2) is 0 Å². The Balaban J connectivity index is 1.55. The van der Waals surface area contributed by atoms with Gasteiger partial charge in [-0.2, -0.15) is 0 Å². The van der Waals surface area contributed by atoms with Crippen LogP contribution in [-0.2, 0) is 9.53 Å². The molecule has 1 aliphatic heterocycles. The van der Waals surface area contributed by atoms with E-state index in [1.807, 2.05) is 0 Å². The molecule has 1 saturated heterocycles. The molecule has 2 fully saturated rings. The Labute approximate surface area is 110 Å². The fourth-order valence-electron chi connectivity index (χ4n) is 2.83. The van der Waals surface area contributed by atoms with Crippen LogP contribution in [0.2, 0.25) is 0 Å². The van der Waals surface area contributed by atoms with Crippen molar-refractivity contribution in [1.82, 2.24) is 10.6 Å². The van der Waals surface area contributed by atoms with E-state index in [1.54, 1.807) is 0 Å². The summed E-state index contributed by atoms with van der Waals surface area (Å²) in [6.07, 6.45) is 9.97. The average Bonchev–Trinajstić information content (AvgIpc) is 2.74. The summed E-state index contributed by atoms with van der Waals surface area (Å²) in [6.45, 7) is 2.27. The molecule has 0 aromatic carbocycles. The maximum absolute atomic E-state index is 11.9. The summed E-state index contributed by atoms with van der Waals surface area (Å²) in [5.74, 6) is 0.145. The van der Waals surface area contributed by atoms with Crippen LogP contribution in [0.1, 0.15) is 51.4 Å². The molecule has 2 rings (SSSR count). The van der Waals surface area contributed by atoms with Crippen LogP contribution in [0.4, 0.5) is 0 Å². The summed E-state index contributed by atoms with van der Waals surface area (Å²) in [6, 6.07) is 0.0129. The third-order valence-electron chi connectivity index (χ3n) is 3.93. The summed E-state index contributed by atoms with van der Waals surface area (Å²) >= 11 is 0. The van der Waals surface area contributed by atoms with Crippen LogP contribution in [0.25, 0.3) is 0 Å². The predicted octanol–water partition coefficient (Wildman–Crippen LogP) is 1.59. The molecule has 4 nitrogen and oxygen atoms in total. The van der Waals surface area contributed by atoms with E-state index in [1.165, 1.54) is 38.5 Å². The Hall–Kier alpha value is -0.610.